The first-order valence-corrected chi connectivity index (χ1v) is 9.13. The van der Waals surface area contributed by atoms with Crippen molar-refractivity contribution in [1.29, 1.82) is 0 Å². The van der Waals surface area contributed by atoms with Gasteiger partial charge in [0.15, 0.2) is 5.58 Å². The molecule has 4 aromatic rings. The van der Waals surface area contributed by atoms with Crippen LogP contribution in [0, 0.1) is 5.82 Å². The largest absolute Gasteiger partial charge is 0.420 e. The Hall–Kier alpha value is -2.82. The number of hydrogen-bond acceptors (Lipinski definition) is 2. The number of benzene rings is 2. The number of nitrogens with zero attached hydrogens (tertiary/aromatic N) is 1. The van der Waals surface area contributed by atoms with Gasteiger partial charge in [-0.25, -0.2) is 9.18 Å². The molecule has 132 valence electrons. The second-order valence-electron chi connectivity index (χ2n) is 7.10. The third-order valence-electron chi connectivity index (χ3n) is 5.51. The van der Waals surface area contributed by atoms with Gasteiger partial charge in [-0.3, -0.25) is 4.57 Å². The van der Waals surface area contributed by atoms with Crippen LogP contribution in [0.1, 0.15) is 38.1 Å². The molecule has 0 amide bonds. The van der Waals surface area contributed by atoms with E-state index >= 15 is 0 Å². The highest BCUT2D eigenvalue weighted by Crippen LogP contribution is 2.33. The average Bonchev–Trinajstić information content (AvgIpc) is 3.21. The van der Waals surface area contributed by atoms with Crippen LogP contribution in [0.2, 0.25) is 0 Å². The second-order valence-corrected chi connectivity index (χ2v) is 7.10. The zero-order chi connectivity index (χ0) is 17.7. The normalized spacial score (nSPS) is 15.9. The Bertz CT molecular complexity index is 1160. The summed E-state index contributed by atoms with van der Waals surface area (Å²) in [6.45, 7) is 0. The molecule has 1 saturated carbocycles. The molecule has 0 aliphatic heterocycles. The van der Waals surface area contributed by atoms with Gasteiger partial charge in [0.1, 0.15) is 5.82 Å². The lowest BCUT2D eigenvalue weighted by atomic mass is 9.95. The molecule has 1 aliphatic rings. The van der Waals surface area contributed by atoms with Crippen molar-refractivity contribution >= 4 is 22.0 Å². The second kappa shape index (κ2) is 5.87. The predicted molar refractivity (Wildman–Crippen MR) is 99.8 cm³/mol. The number of oxazole rings is 1. The lowest BCUT2D eigenvalue weighted by Gasteiger charge is -2.22. The van der Waals surface area contributed by atoms with Crippen LogP contribution in [-0.2, 0) is 0 Å². The van der Waals surface area contributed by atoms with Crippen LogP contribution in [0.5, 0.6) is 0 Å². The third-order valence-corrected chi connectivity index (χ3v) is 5.51. The van der Waals surface area contributed by atoms with E-state index in [-0.39, 0.29) is 17.6 Å². The predicted octanol–water partition coefficient (Wildman–Crippen LogP) is 5.39. The molecule has 5 rings (SSSR count). The van der Waals surface area contributed by atoms with Crippen LogP contribution in [0.4, 0.5) is 4.39 Å². The van der Waals surface area contributed by atoms with Gasteiger partial charge in [0, 0.05) is 28.7 Å². The van der Waals surface area contributed by atoms with E-state index in [1.54, 1.807) is 6.07 Å². The Morgan fingerprint density at radius 3 is 2.77 bits per heavy atom. The Balaban J connectivity index is 1.63. The standard InChI is InChI=1S/C21H19FN2O2/c22-14-7-8-16-17(12-23-18(16)11-14)13-6-9-19-20(10-13)26-21(25)24(19)15-4-2-1-3-5-15/h6-12,15,23H,1-5H2. The number of fused-ring (bicyclic) bond motifs is 2. The van der Waals surface area contributed by atoms with Crippen LogP contribution in [0.15, 0.2) is 51.8 Å². The minimum absolute atomic E-state index is 0.236. The molecule has 26 heavy (non-hydrogen) atoms. The van der Waals surface area contributed by atoms with Crippen LogP contribution in [-0.4, -0.2) is 9.55 Å². The highest BCUT2D eigenvalue weighted by Gasteiger charge is 2.21. The molecule has 2 aromatic carbocycles. The van der Waals surface area contributed by atoms with Crippen molar-refractivity contribution in [3.05, 3.63) is 59.0 Å². The first kappa shape index (κ1) is 15.4. The van der Waals surface area contributed by atoms with Crippen LogP contribution < -0.4 is 5.76 Å². The smallest absolute Gasteiger partial charge is 0.408 e. The molecule has 2 heterocycles. The fourth-order valence-electron chi connectivity index (χ4n) is 4.23. The zero-order valence-electron chi connectivity index (χ0n) is 14.3. The maximum atomic E-state index is 13.4. The van der Waals surface area contributed by atoms with Crippen molar-refractivity contribution in [3.8, 4) is 11.1 Å². The number of H-pyrrole nitrogens is 1. The summed E-state index contributed by atoms with van der Waals surface area (Å²) in [5.41, 5.74) is 4.13. The Labute approximate surface area is 149 Å². The fraction of sp³-hybridized carbons (Fsp3) is 0.286. The number of hydrogen-bond donors (Lipinski definition) is 1. The zero-order valence-corrected chi connectivity index (χ0v) is 14.3. The average molecular weight is 350 g/mol. The quantitative estimate of drug-likeness (QED) is 0.527. The summed E-state index contributed by atoms with van der Waals surface area (Å²) in [6, 6.07) is 10.8. The molecule has 0 saturated heterocycles. The minimum Gasteiger partial charge on any atom is -0.408 e. The molecule has 0 bridgehead atoms. The summed E-state index contributed by atoms with van der Waals surface area (Å²) >= 11 is 0. The van der Waals surface area contributed by atoms with Crippen molar-refractivity contribution in [2.75, 3.05) is 0 Å². The maximum absolute atomic E-state index is 13.4. The molecule has 1 fully saturated rings. The van der Waals surface area contributed by atoms with Crippen molar-refractivity contribution < 1.29 is 8.81 Å². The van der Waals surface area contributed by atoms with Crippen molar-refractivity contribution in [3.63, 3.8) is 0 Å². The van der Waals surface area contributed by atoms with E-state index in [4.69, 9.17) is 4.42 Å². The van der Waals surface area contributed by atoms with Gasteiger partial charge in [0.2, 0.25) is 0 Å². The van der Waals surface area contributed by atoms with E-state index in [0.29, 0.717) is 5.58 Å². The van der Waals surface area contributed by atoms with Crippen LogP contribution in [0.25, 0.3) is 33.1 Å². The molecule has 1 aliphatic carbocycles. The SMILES string of the molecule is O=c1oc2cc(-c3c[nH]c4cc(F)ccc34)ccc2n1C1CCCCC1. The summed E-state index contributed by atoms with van der Waals surface area (Å²) in [5.74, 6) is -0.540. The molecule has 5 heteroatoms. The van der Waals surface area contributed by atoms with Gasteiger partial charge in [-0.05, 0) is 48.7 Å². The summed E-state index contributed by atoms with van der Waals surface area (Å²) in [4.78, 5) is 15.5. The number of rotatable bonds is 2. The van der Waals surface area contributed by atoms with Crippen LogP contribution >= 0.6 is 0 Å². The van der Waals surface area contributed by atoms with E-state index in [2.05, 4.69) is 4.98 Å². The Kier molecular flexibility index (Phi) is 3.48. The lowest BCUT2D eigenvalue weighted by molar-refractivity contribution is 0.336. The van der Waals surface area contributed by atoms with Gasteiger partial charge in [-0.2, -0.15) is 0 Å². The summed E-state index contributed by atoms with van der Waals surface area (Å²) in [7, 11) is 0. The topological polar surface area (TPSA) is 50.9 Å². The lowest BCUT2D eigenvalue weighted by Crippen LogP contribution is -2.22. The number of aromatic nitrogens is 2. The fourth-order valence-corrected chi connectivity index (χ4v) is 4.23. The molecule has 4 nitrogen and oxygen atoms in total. The summed E-state index contributed by atoms with van der Waals surface area (Å²) in [5, 5.41) is 0.944. The molecule has 0 spiro atoms. The van der Waals surface area contributed by atoms with Crippen LogP contribution in [0.3, 0.4) is 0 Å². The Morgan fingerprint density at radius 2 is 1.92 bits per heavy atom. The van der Waals surface area contributed by atoms with E-state index in [9.17, 15) is 9.18 Å². The molecule has 0 atom stereocenters. The molecular weight excluding hydrogens is 331 g/mol. The monoisotopic (exact) mass is 350 g/mol. The summed E-state index contributed by atoms with van der Waals surface area (Å²) < 4.78 is 20.8. The third kappa shape index (κ3) is 2.38. The first-order valence-electron chi connectivity index (χ1n) is 9.13. The highest BCUT2D eigenvalue weighted by atomic mass is 19.1. The molecule has 2 aromatic heterocycles. The molecule has 0 radical (unpaired) electrons. The summed E-state index contributed by atoms with van der Waals surface area (Å²) in [6.07, 6.45) is 7.49. The van der Waals surface area contributed by atoms with Gasteiger partial charge < -0.3 is 9.40 Å². The van der Waals surface area contributed by atoms with E-state index in [1.807, 2.05) is 29.0 Å². The molecule has 1 N–H and O–H groups in total. The number of nitrogens with one attached hydrogen (secondary N) is 1. The van der Waals surface area contributed by atoms with E-state index < -0.39 is 0 Å². The van der Waals surface area contributed by atoms with Gasteiger partial charge in [-0.1, -0.05) is 25.3 Å². The molecular formula is C21H19FN2O2. The van der Waals surface area contributed by atoms with Gasteiger partial charge in [0.05, 0.1) is 5.52 Å². The van der Waals surface area contributed by atoms with Crippen molar-refractivity contribution in [1.82, 2.24) is 9.55 Å². The van der Waals surface area contributed by atoms with Gasteiger partial charge in [-0.15, -0.1) is 0 Å². The molecule has 0 unspecified atom stereocenters. The highest BCUT2D eigenvalue weighted by molar-refractivity contribution is 5.97. The van der Waals surface area contributed by atoms with Gasteiger partial charge >= 0.3 is 5.76 Å². The minimum atomic E-state index is -0.273. The Morgan fingerprint density at radius 1 is 1.08 bits per heavy atom. The van der Waals surface area contributed by atoms with E-state index in [1.165, 1.54) is 18.6 Å². The first-order chi connectivity index (χ1) is 12.7. The number of aromatic amines is 1. The van der Waals surface area contributed by atoms with Crippen molar-refractivity contribution in [2.45, 2.75) is 38.1 Å². The number of halogens is 1. The van der Waals surface area contributed by atoms with Crippen molar-refractivity contribution in [2.24, 2.45) is 0 Å². The van der Waals surface area contributed by atoms with Gasteiger partial charge in [0.25, 0.3) is 0 Å². The maximum Gasteiger partial charge on any atom is 0.420 e. The van der Waals surface area contributed by atoms with E-state index in [0.717, 1.165) is 53.2 Å².